The molecule has 2 aliphatic rings. The number of hydrogen-bond donors (Lipinski definition) is 1. The van der Waals surface area contributed by atoms with Crippen molar-refractivity contribution < 1.29 is 19.4 Å². The van der Waals surface area contributed by atoms with Crippen LogP contribution in [0.25, 0.3) is 10.2 Å². The average Bonchev–Trinajstić information content (AvgIpc) is 3.22. The normalized spacial score (nSPS) is 26.8. The highest BCUT2D eigenvalue weighted by atomic mass is 32.1. The van der Waals surface area contributed by atoms with Gasteiger partial charge in [0, 0.05) is 38.0 Å². The summed E-state index contributed by atoms with van der Waals surface area (Å²) in [6.45, 7) is 3.48. The van der Waals surface area contributed by atoms with E-state index in [1.165, 1.54) is 11.3 Å². The molecule has 1 N–H and O–H groups in total. The molecule has 0 spiro atoms. The second kappa shape index (κ2) is 5.29. The second-order valence-corrected chi connectivity index (χ2v) is 7.74. The molecule has 0 unspecified atom stereocenters. The fourth-order valence-corrected chi connectivity index (χ4v) is 5.01. The molecule has 2 aromatic heterocycles. The van der Waals surface area contributed by atoms with E-state index in [0.717, 1.165) is 15.9 Å². The molecular formula is C16H19N3O4S. The number of nitrogens with zero attached hydrogens (tertiary/aromatic N) is 3. The number of carbonyl (C=O) groups excluding carboxylic acids is 1. The smallest absolute Gasteiger partial charge is 0.311 e. The SMILES string of the molecule is Cc1nn(C)c2sc(C(=O)N3C[C@H]4COCC[C@@]4(C(=O)O)C3)cc12. The summed E-state index contributed by atoms with van der Waals surface area (Å²) in [6, 6.07) is 1.87. The highest BCUT2D eigenvalue weighted by molar-refractivity contribution is 7.20. The molecular weight excluding hydrogens is 330 g/mol. The van der Waals surface area contributed by atoms with Gasteiger partial charge in [0.05, 0.1) is 22.6 Å². The minimum absolute atomic E-state index is 0.0920. The van der Waals surface area contributed by atoms with Crippen molar-refractivity contribution in [2.75, 3.05) is 26.3 Å². The van der Waals surface area contributed by atoms with Crippen molar-refractivity contribution in [3.63, 3.8) is 0 Å². The van der Waals surface area contributed by atoms with Gasteiger partial charge in [0.1, 0.15) is 4.83 Å². The molecule has 0 aromatic carbocycles. The summed E-state index contributed by atoms with van der Waals surface area (Å²) in [4.78, 5) is 28.1. The lowest BCUT2D eigenvalue weighted by Crippen LogP contribution is -2.45. The van der Waals surface area contributed by atoms with E-state index in [-0.39, 0.29) is 18.4 Å². The quantitative estimate of drug-likeness (QED) is 0.888. The maximum Gasteiger partial charge on any atom is 0.311 e. The van der Waals surface area contributed by atoms with E-state index < -0.39 is 11.4 Å². The van der Waals surface area contributed by atoms with E-state index in [9.17, 15) is 14.7 Å². The lowest BCUT2D eigenvalue weighted by atomic mass is 9.74. The maximum absolute atomic E-state index is 12.9. The van der Waals surface area contributed by atoms with E-state index in [1.54, 1.807) is 9.58 Å². The van der Waals surface area contributed by atoms with Crippen molar-refractivity contribution in [2.45, 2.75) is 13.3 Å². The Bertz CT molecular complexity index is 807. The number of rotatable bonds is 2. The number of aliphatic carboxylic acids is 1. The number of thiophene rings is 1. The summed E-state index contributed by atoms with van der Waals surface area (Å²) in [6.07, 6.45) is 0.465. The molecule has 2 atom stereocenters. The van der Waals surface area contributed by atoms with Gasteiger partial charge in [-0.2, -0.15) is 5.10 Å². The standard InChI is InChI=1S/C16H19N3O4S/c1-9-11-5-12(24-14(11)18(2)17-9)13(20)19-6-10-7-23-4-3-16(10,8-19)15(21)22/h5,10H,3-4,6-8H2,1-2H3,(H,21,22)/t10-,16+/m0/s1. The summed E-state index contributed by atoms with van der Waals surface area (Å²) in [5, 5.41) is 15.1. The molecule has 2 saturated heterocycles. The van der Waals surface area contributed by atoms with Gasteiger partial charge in [-0.3, -0.25) is 14.3 Å². The molecule has 2 fully saturated rings. The Morgan fingerprint density at radius 3 is 2.96 bits per heavy atom. The third-order valence-corrected chi connectivity index (χ3v) is 6.52. The van der Waals surface area contributed by atoms with Crippen LogP contribution in [0.5, 0.6) is 0 Å². The summed E-state index contributed by atoms with van der Waals surface area (Å²) >= 11 is 1.41. The number of likely N-dealkylation sites (tertiary alicyclic amines) is 1. The topological polar surface area (TPSA) is 84.7 Å². The van der Waals surface area contributed by atoms with Crippen molar-refractivity contribution in [1.29, 1.82) is 0 Å². The molecule has 4 rings (SSSR count). The van der Waals surface area contributed by atoms with Gasteiger partial charge in [0.15, 0.2) is 0 Å². The molecule has 0 radical (unpaired) electrons. The number of carboxylic acids is 1. The molecule has 2 aliphatic heterocycles. The lowest BCUT2D eigenvalue weighted by molar-refractivity contribution is -0.157. The van der Waals surface area contributed by atoms with Crippen molar-refractivity contribution >= 4 is 33.4 Å². The Morgan fingerprint density at radius 2 is 2.29 bits per heavy atom. The number of carbonyl (C=O) groups is 2. The molecule has 2 aromatic rings. The van der Waals surface area contributed by atoms with Gasteiger partial charge >= 0.3 is 5.97 Å². The predicted molar refractivity (Wildman–Crippen MR) is 88.2 cm³/mol. The molecule has 24 heavy (non-hydrogen) atoms. The fourth-order valence-electron chi connectivity index (χ4n) is 3.92. The number of amides is 1. The van der Waals surface area contributed by atoms with Gasteiger partial charge < -0.3 is 14.7 Å². The Balaban J connectivity index is 1.64. The zero-order chi connectivity index (χ0) is 17.1. The first-order valence-corrected chi connectivity index (χ1v) is 8.77. The van der Waals surface area contributed by atoms with Gasteiger partial charge in [-0.1, -0.05) is 0 Å². The summed E-state index contributed by atoms with van der Waals surface area (Å²) < 4.78 is 7.23. The van der Waals surface area contributed by atoms with E-state index >= 15 is 0 Å². The summed E-state index contributed by atoms with van der Waals surface area (Å²) in [7, 11) is 1.86. The van der Waals surface area contributed by atoms with Crippen molar-refractivity contribution in [2.24, 2.45) is 18.4 Å². The first-order chi connectivity index (χ1) is 11.4. The number of fused-ring (bicyclic) bond motifs is 2. The summed E-state index contributed by atoms with van der Waals surface area (Å²) in [5.74, 6) is -1.04. The molecule has 0 saturated carbocycles. The Hall–Kier alpha value is -1.93. The Morgan fingerprint density at radius 1 is 1.50 bits per heavy atom. The van der Waals surface area contributed by atoms with Crippen LogP contribution in [0.4, 0.5) is 0 Å². The number of ether oxygens (including phenoxy) is 1. The number of carboxylic acid groups (broad SMARTS) is 1. The molecule has 0 bridgehead atoms. The van der Waals surface area contributed by atoms with Gasteiger partial charge in [-0.25, -0.2) is 0 Å². The molecule has 8 heteroatoms. The monoisotopic (exact) mass is 349 g/mol. The lowest BCUT2D eigenvalue weighted by Gasteiger charge is -2.33. The van der Waals surface area contributed by atoms with Gasteiger partial charge in [0.25, 0.3) is 5.91 Å². The number of aromatic nitrogens is 2. The Labute approximate surface area is 142 Å². The highest BCUT2D eigenvalue weighted by Gasteiger charge is 2.55. The minimum atomic E-state index is -0.859. The van der Waals surface area contributed by atoms with Gasteiger partial charge in [-0.05, 0) is 19.4 Å². The zero-order valence-electron chi connectivity index (χ0n) is 13.6. The largest absolute Gasteiger partial charge is 0.481 e. The van der Waals surface area contributed by atoms with Crippen LogP contribution in [0, 0.1) is 18.3 Å². The highest BCUT2D eigenvalue weighted by Crippen LogP contribution is 2.43. The first-order valence-electron chi connectivity index (χ1n) is 7.96. The van der Waals surface area contributed by atoms with E-state index in [0.29, 0.717) is 31.1 Å². The maximum atomic E-state index is 12.9. The van der Waals surface area contributed by atoms with Crippen LogP contribution >= 0.6 is 11.3 Å². The third-order valence-electron chi connectivity index (χ3n) is 5.33. The average molecular weight is 349 g/mol. The summed E-state index contributed by atoms with van der Waals surface area (Å²) in [5.41, 5.74) is 0.0375. The molecule has 1 amide bonds. The van der Waals surface area contributed by atoms with Crippen LogP contribution in [0.2, 0.25) is 0 Å². The minimum Gasteiger partial charge on any atom is -0.481 e. The molecule has 0 aliphatic carbocycles. The van der Waals surface area contributed by atoms with Crippen LogP contribution in [-0.4, -0.2) is 58.0 Å². The van der Waals surface area contributed by atoms with E-state index in [2.05, 4.69) is 5.10 Å². The second-order valence-electron chi connectivity index (χ2n) is 6.71. The molecule has 4 heterocycles. The molecule has 7 nitrogen and oxygen atoms in total. The first kappa shape index (κ1) is 15.6. The van der Waals surface area contributed by atoms with E-state index in [1.807, 2.05) is 20.0 Å². The third kappa shape index (κ3) is 2.09. The van der Waals surface area contributed by atoms with Crippen molar-refractivity contribution in [3.8, 4) is 0 Å². The fraction of sp³-hybridized carbons (Fsp3) is 0.562. The van der Waals surface area contributed by atoms with Crippen LogP contribution in [0.3, 0.4) is 0 Å². The van der Waals surface area contributed by atoms with Gasteiger partial charge in [0.2, 0.25) is 0 Å². The van der Waals surface area contributed by atoms with Crippen LogP contribution < -0.4 is 0 Å². The molecule has 128 valence electrons. The number of hydrogen-bond acceptors (Lipinski definition) is 5. The van der Waals surface area contributed by atoms with Crippen LogP contribution in [0.15, 0.2) is 6.07 Å². The number of aryl methyl sites for hydroxylation is 2. The van der Waals surface area contributed by atoms with Crippen molar-refractivity contribution in [1.82, 2.24) is 14.7 Å². The van der Waals surface area contributed by atoms with E-state index in [4.69, 9.17) is 4.74 Å². The van der Waals surface area contributed by atoms with Crippen LogP contribution in [-0.2, 0) is 16.6 Å². The van der Waals surface area contributed by atoms with Crippen molar-refractivity contribution in [3.05, 3.63) is 16.6 Å². The zero-order valence-corrected chi connectivity index (χ0v) is 14.4. The van der Waals surface area contributed by atoms with Gasteiger partial charge in [-0.15, -0.1) is 11.3 Å². The van der Waals surface area contributed by atoms with Crippen LogP contribution in [0.1, 0.15) is 21.8 Å². The predicted octanol–water partition coefficient (Wildman–Crippen LogP) is 1.51. The Kier molecular flexibility index (Phi) is 3.43.